The molecule has 0 saturated heterocycles. The molecule has 27 heavy (non-hydrogen) atoms. The predicted molar refractivity (Wildman–Crippen MR) is 96.4 cm³/mol. The number of halogens is 1. The Morgan fingerprint density at radius 1 is 1.26 bits per heavy atom. The van der Waals surface area contributed by atoms with E-state index in [4.69, 9.17) is 26.2 Å². The summed E-state index contributed by atoms with van der Waals surface area (Å²) >= 11 is 5.85. The highest BCUT2D eigenvalue weighted by Crippen LogP contribution is 2.34. The van der Waals surface area contributed by atoms with Crippen molar-refractivity contribution in [1.29, 1.82) is 0 Å². The average molecular weight is 409 g/mol. The van der Waals surface area contributed by atoms with Crippen molar-refractivity contribution in [3.05, 3.63) is 41.2 Å². The van der Waals surface area contributed by atoms with Crippen LogP contribution in [-0.4, -0.2) is 31.3 Å². The Morgan fingerprint density at radius 3 is 2.81 bits per heavy atom. The first-order chi connectivity index (χ1) is 12.8. The van der Waals surface area contributed by atoms with E-state index in [1.54, 1.807) is 0 Å². The lowest BCUT2D eigenvalue weighted by molar-refractivity contribution is -0.136. The number of benzene rings is 1. The third-order valence-electron chi connectivity index (χ3n) is 3.43. The minimum atomic E-state index is -3.94. The van der Waals surface area contributed by atoms with Gasteiger partial charge in [-0.3, -0.25) is 9.52 Å². The zero-order valence-electron chi connectivity index (χ0n) is 13.7. The smallest absolute Gasteiger partial charge is 0.304 e. The van der Waals surface area contributed by atoms with Crippen LogP contribution in [0.2, 0.25) is 5.15 Å². The maximum absolute atomic E-state index is 12.7. The maximum atomic E-state index is 12.7. The van der Waals surface area contributed by atoms with Crippen LogP contribution in [0.1, 0.15) is 18.5 Å². The molecule has 140 valence electrons. The summed E-state index contributed by atoms with van der Waals surface area (Å²) in [7, 11) is -3.94. The molecule has 3 rings (SSSR count). The molecule has 2 aromatic rings. The Kier molecular flexibility index (Phi) is 5.39. The zero-order chi connectivity index (χ0) is 19.4. The van der Waals surface area contributed by atoms with Crippen molar-refractivity contribution in [2.24, 2.45) is 0 Å². The monoisotopic (exact) mass is 408 g/mol. The molecule has 0 bridgehead atoms. The number of nitrogens with zero attached hydrogens (tertiary/aromatic N) is 1. The molecular formula is C17H13ClN2O6S. The van der Waals surface area contributed by atoms with E-state index < -0.39 is 16.0 Å². The Hall–Kier alpha value is -2.96. The summed E-state index contributed by atoms with van der Waals surface area (Å²) in [5.41, 5.74) is 0.220. The summed E-state index contributed by atoms with van der Waals surface area (Å²) in [6.45, 7) is 0.0312. The predicted octanol–water partition coefficient (Wildman–Crippen LogP) is 2.48. The molecule has 0 amide bonds. The third-order valence-corrected chi connectivity index (χ3v) is 5.00. The minimum absolute atomic E-state index is 0.0218. The second-order valence-corrected chi connectivity index (χ2v) is 7.42. The Bertz CT molecular complexity index is 1060. The van der Waals surface area contributed by atoms with Gasteiger partial charge in [-0.15, -0.1) is 0 Å². The first-order valence-corrected chi connectivity index (χ1v) is 9.51. The molecule has 0 saturated carbocycles. The fraction of sp³-hybridized carbons (Fsp3) is 0.176. The molecule has 2 heterocycles. The molecule has 0 radical (unpaired) electrons. The molecule has 8 nitrogen and oxygen atoms in total. The first-order valence-electron chi connectivity index (χ1n) is 7.65. The van der Waals surface area contributed by atoms with Crippen LogP contribution in [0.15, 0.2) is 35.2 Å². The molecule has 0 fully saturated rings. The number of aliphatic carboxylic acids is 1. The quantitative estimate of drug-likeness (QED) is 0.576. The van der Waals surface area contributed by atoms with E-state index in [1.807, 2.05) is 0 Å². The van der Waals surface area contributed by atoms with Crippen molar-refractivity contribution in [2.75, 3.05) is 11.5 Å². The average Bonchev–Trinajstić information content (AvgIpc) is 3.08. The number of aromatic nitrogens is 1. The second kappa shape index (κ2) is 7.73. The summed E-state index contributed by atoms with van der Waals surface area (Å²) < 4.78 is 38.1. The number of anilines is 1. The van der Waals surface area contributed by atoms with Gasteiger partial charge in [0.1, 0.15) is 10.8 Å². The molecule has 0 aliphatic carbocycles. The number of nitrogens with one attached hydrogen (secondary N) is 1. The molecule has 1 aliphatic heterocycles. The van der Waals surface area contributed by atoms with Gasteiger partial charge < -0.3 is 14.6 Å². The molecule has 10 heteroatoms. The topological polar surface area (TPSA) is 115 Å². The van der Waals surface area contributed by atoms with Crippen molar-refractivity contribution in [2.45, 2.75) is 17.7 Å². The number of hydrogen-bond acceptors (Lipinski definition) is 6. The number of sulfonamides is 1. The highest BCUT2D eigenvalue weighted by atomic mass is 35.5. The Balaban J connectivity index is 1.87. The van der Waals surface area contributed by atoms with E-state index >= 15 is 0 Å². The van der Waals surface area contributed by atoms with Crippen molar-refractivity contribution in [3.63, 3.8) is 0 Å². The fourth-order valence-electron chi connectivity index (χ4n) is 2.18. The summed E-state index contributed by atoms with van der Waals surface area (Å²) in [6, 6.07) is 7.09. The van der Waals surface area contributed by atoms with Gasteiger partial charge in [-0.25, -0.2) is 13.4 Å². The zero-order valence-corrected chi connectivity index (χ0v) is 15.3. The van der Waals surface area contributed by atoms with Gasteiger partial charge in [0.05, 0.1) is 17.0 Å². The van der Waals surface area contributed by atoms with Gasteiger partial charge in [-0.2, -0.15) is 0 Å². The van der Waals surface area contributed by atoms with E-state index in [1.165, 1.54) is 30.3 Å². The highest BCUT2D eigenvalue weighted by molar-refractivity contribution is 7.92. The lowest BCUT2D eigenvalue weighted by Crippen LogP contribution is -2.14. The van der Waals surface area contributed by atoms with Gasteiger partial charge in [-0.05, 0) is 30.2 Å². The van der Waals surface area contributed by atoms with Gasteiger partial charge in [0.15, 0.2) is 11.5 Å². The van der Waals surface area contributed by atoms with Crippen LogP contribution in [0.4, 0.5) is 5.69 Å². The summed E-state index contributed by atoms with van der Waals surface area (Å²) in [5.74, 6) is 5.10. The standard InChI is InChI=1S/C17H13ClN2O6S/c18-16-8-6-13(12(19-16)3-1-2-4-17(21)22)20-27(23,24)11-5-7-14-15(9-11)26-10-25-14/h5-9,20H,2,4,10H2,(H,21,22). The van der Waals surface area contributed by atoms with Crippen LogP contribution in [0.3, 0.4) is 0 Å². The molecule has 0 atom stereocenters. The molecule has 0 unspecified atom stereocenters. The van der Waals surface area contributed by atoms with Crippen LogP contribution < -0.4 is 14.2 Å². The fourth-order valence-corrected chi connectivity index (χ4v) is 3.41. The highest BCUT2D eigenvalue weighted by Gasteiger charge is 2.21. The first kappa shape index (κ1) is 18.8. The van der Waals surface area contributed by atoms with E-state index in [0.29, 0.717) is 11.5 Å². The van der Waals surface area contributed by atoms with Crippen molar-refractivity contribution in [1.82, 2.24) is 4.98 Å². The number of pyridine rings is 1. The molecule has 1 aromatic carbocycles. The van der Waals surface area contributed by atoms with Crippen LogP contribution in [0, 0.1) is 11.8 Å². The number of carboxylic acids is 1. The number of carboxylic acid groups (broad SMARTS) is 1. The second-order valence-electron chi connectivity index (χ2n) is 5.35. The van der Waals surface area contributed by atoms with Gasteiger partial charge in [0.25, 0.3) is 10.0 Å². The lowest BCUT2D eigenvalue weighted by atomic mass is 10.2. The number of hydrogen-bond donors (Lipinski definition) is 2. The SMILES string of the molecule is O=C(O)CCC#Cc1nc(Cl)ccc1NS(=O)(=O)c1ccc2c(c1)OCO2. The van der Waals surface area contributed by atoms with Gasteiger partial charge in [0.2, 0.25) is 6.79 Å². The molecule has 1 aromatic heterocycles. The number of rotatable bonds is 5. The van der Waals surface area contributed by atoms with E-state index in [0.717, 1.165) is 0 Å². The lowest BCUT2D eigenvalue weighted by Gasteiger charge is -2.10. The normalized spacial score (nSPS) is 12.2. The molecule has 2 N–H and O–H groups in total. The van der Waals surface area contributed by atoms with E-state index in [9.17, 15) is 13.2 Å². The minimum Gasteiger partial charge on any atom is -0.481 e. The molecular weight excluding hydrogens is 396 g/mol. The van der Waals surface area contributed by atoms with Crippen molar-refractivity contribution in [3.8, 4) is 23.3 Å². The van der Waals surface area contributed by atoms with Gasteiger partial charge >= 0.3 is 5.97 Å². The Morgan fingerprint density at radius 2 is 2.04 bits per heavy atom. The largest absolute Gasteiger partial charge is 0.481 e. The van der Waals surface area contributed by atoms with E-state index in [2.05, 4.69) is 21.5 Å². The molecule has 0 spiro atoms. The number of ether oxygens (including phenoxy) is 2. The maximum Gasteiger partial charge on any atom is 0.304 e. The van der Waals surface area contributed by atoms with Crippen molar-refractivity contribution >= 4 is 33.3 Å². The third kappa shape index (κ3) is 4.61. The summed E-state index contributed by atoms with van der Waals surface area (Å²) in [4.78, 5) is 14.5. The number of carbonyl (C=O) groups is 1. The molecule has 1 aliphatic rings. The van der Waals surface area contributed by atoms with Crippen LogP contribution in [0.25, 0.3) is 0 Å². The van der Waals surface area contributed by atoms with Gasteiger partial charge in [-0.1, -0.05) is 17.5 Å². The van der Waals surface area contributed by atoms with Crippen LogP contribution in [0.5, 0.6) is 11.5 Å². The Labute approximate surface area is 160 Å². The van der Waals surface area contributed by atoms with Crippen molar-refractivity contribution < 1.29 is 27.8 Å². The summed E-state index contributed by atoms with van der Waals surface area (Å²) in [6.07, 6.45) is -0.0380. The van der Waals surface area contributed by atoms with Crippen LogP contribution >= 0.6 is 11.6 Å². The number of fused-ring (bicyclic) bond motifs is 1. The van der Waals surface area contributed by atoms with Gasteiger partial charge in [0, 0.05) is 12.5 Å². The van der Waals surface area contributed by atoms with Crippen LogP contribution in [-0.2, 0) is 14.8 Å². The van der Waals surface area contributed by atoms with E-state index in [-0.39, 0.29) is 41.1 Å². The summed E-state index contributed by atoms with van der Waals surface area (Å²) in [5, 5.41) is 8.77.